The number of hydrogen-bond acceptors (Lipinski definition) is 9. The number of amidine groups is 1. The van der Waals surface area contributed by atoms with Crippen LogP contribution in [0.3, 0.4) is 0 Å². The number of carbonyl (C=O) groups excluding carboxylic acids is 3. The van der Waals surface area contributed by atoms with Crippen LogP contribution in [-0.2, 0) is 23.9 Å². The van der Waals surface area contributed by atoms with E-state index >= 15 is 0 Å². The third kappa shape index (κ3) is 6.32. The van der Waals surface area contributed by atoms with E-state index in [-0.39, 0.29) is 24.2 Å². The van der Waals surface area contributed by atoms with Crippen LogP contribution >= 0.6 is 11.8 Å². The third-order valence-corrected chi connectivity index (χ3v) is 7.67. The average molecular weight is 556 g/mol. The van der Waals surface area contributed by atoms with E-state index in [1.54, 1.807) is 25.9 Å². The molecule has 0 aromatic heterocycles. The van der Waals surface area contributed by atoms with Gasteiger partial charge in [-0.2, -0.15) is 0 Å². The highest BCUT2D eigenvalue weighted by Gasteiger charge is 2.43. The molecular formula is C29H37N3O6S. The van der Waals surface area contributed by atoms with Gasteiger partial charge in [-0.15, -0.1) is 0 Å². The minimum atomic E-state index is -0.697. The Morgan fingerprint density at radius 3 is 2.62 bits per heavy atom. The molecule has 0 radical (unpaired) electrons. The molecule has 3 heterocycles. The number of esters is 2. The zero-order valence-corrected chi connectivity index (χ0v) is 24.3. The molecule has 1 amide bonds. The van der Waals surface area contributed by atoms with Gasteiger partial charge in [0.15, 0.2) is 5.17 Å². The number of thioether (sulfide) groups is 1. The van der Waals surface area contributed by atoms with Crippen LogP contribution in [-0.4, -0.2) is 65.2 Å². The van der Waals surface area contributed by atoms with Crippen LogP contribution in [0.25, 0.3) is 0 Å². The fraction of sp³-hybridized carbons (Fsp3) is 0.517. The molecule has 0 saturated carbocycles. The molecule has 0 aliphatic carbocycles. The molecule has 0 N–H and O–H groups in total. The van der Waals surface area contributed by atoms with E-state index in [2.05, 4.69) is 0 Å². The van der Waals surface area contributed by atoms with E-state index < -0.39 is 17.6 Å². The maximum Gasteiger partial charge on any atom is 0.338 e. The van der Waals surface area contributed by atoms with Crippen molar-refractivity contribution in [2.45, 2.75) is 65.5 Å². The lowest BCUT2D eigenvalue weighted by molar-refractivity contribution is -0.152. The highest BCUT2D eigenvalue weighted by atomic mass is 32.2. The maximum absolute atomic E-state index is 13.6. The van der Waals surface area contributed by atoms with Crippen molar-refractivity contribution in [2.24, 2.45) is 10.9 Å². The molecule has 210 valence electrons. The van der Waals surface area contributed by atoms with Gasteiger partial charge in [-0.1, -0.05) is 30.0 Å². The normalized spacial score (nSPS) is 21.2. The van der Waals surface area contributed by atoms with Crippen molar-refractivity contribution in [1.29, 1.82) is 0 Å². The molecule has 1 aromatic rings. The van der Waals surface area contributed by atoms with Crippen molar-refractivity contribution < 1.29 is 28.6 Å². The molecule has 1 saturated heterocycles. The number of rotatable bonds is 7. The Hall–Kier alpha value is -3.27. The van der Waals surface area contributed by atoms with Gasteiger partial charge < -0.3 is 24.0 Å². The lowest BCUT2D eigenvalue weighted by atomic mass is 9.92. The van der Waals surface area contributed by atoms with E-state index in [9.17, 15) is 14.4 Å². The van der Waals surface area contributed by atoms with Crippen molar-refractivity contribution in [3.63, 3.8) is 0 Å². The summed E-state index contributed by atoms with van der Waals surface area (Å²) < 4.78 is 16.7. The minimum absolute atomic E-state index is 0.0824. The number of benzene rings is 1. The topological polar surface area (TPSA) is 97.7 Å². The van der Waals surface area contributed by atoms with E-state index in [1.807, 2.05) is 55.3 Å². The second kappa shape index (κ2) is 11.9. The third-order valence-electron chi connectivity index (χ3n) is 6.78. The van der Waals surface area contributed by atoms with Gasteiger partial charge in [0.1, 0.15) is 11.4 Å². The Kier molecular flexibility index (Phi) is 8.73. The number of nitrogens with zero attached hydrogens (tertiary/aromatic N) is 3. The number of amides is 1. The Balaban J connectivity index is 1.65. The molecule has 39 heavy (non-hydrogen) atoms. The fourth-order valence-electron chi connectivity index (χ4n) is 5.07. The van der Waals surface area contributed by atoms with Crippen LogP contribution in [0.5, 0.6) is 5.75 Å². The largest absolute Gasteiger partial charge is 0.496 e. The molecule has 10 heteroatoms. The van der Waals surface area contributed by atoms with Gasteiger partial charge in [0.25, 0.3) is 0 Å². The van der Waals surface area contributed by atoms with Crippen molar-refractivity contribution in [1.82, 2.24) is 9.80 Å². The number of ether oxygens (including phenoxy) is 3. The van der Waals surface area contributed by atoms with Gasteiger partial charge in [0, 0.05) is 24.4 Å². The Labute approximate surface area is 234 Å². The van der Waals surface area contributed by atoms with Crippen molar-refractivity contribution in [3.05, 3.63) is 52.2 Å². The summed E-state index contributed by atoms with van der Waals surface area (Å²) in [5, 5.41) is 2.60. The Morgan fingerprint density at radius 1 is 1.18 bits per heavy atom. The van der Waals surface area contributed by atoms with Crippen LogP contribution in [0.15, 0.2) is 51.6 Å². The van der Waals surface area contributed by atoms with Crippen molar-refractivity contribution in [2.75, 3.05) is 26.8 Å². The lowest BCUT2D eigenvalue weighted by Gasteiger charge is -2.38. The first-order valence-corrected chi connectivity index (χ1v) is 14.2. The van der Waals surface area contributed by atoms with Crippen LogP contribution in [0.2, 0.25) is 0 Å². The van der Waals surface area contributed by atoms with E-state index in [0.717, 1.165) is 17.7 Å². The molecule has 0 unspecified atom stereocenters. The molecule has 0 spiro atoms. The number of allylic oxidation sites excluding steroid dienone is 1. The highest BCUT2D eigenvalue weighted by Crippen LogP contribution is 2.47. The Bertz CT molecular complexity index is 1230. The zero-order chi connectivity index (χ0) is 28.3. The van der Waals surface area contributed by atoms with Crippen LogP contribution in [0.1, 0.15) is 65.5 Å². The van der Waals surface area contributed by atoms with Gasteiger partial charge in [-0.25, -0.2) is 9.79 Å². The lowest BCUT2D eigenvalue weighted by Crippen LogP contribution is -2.44. The summed E-state index contributed by atoms with van der Waals surface area (Å²) in [4.78, 5) is 47.8. The summed E-state index contributed by atoms with van der Waals surface area (Å²) in [6, 6.07) is 6.95. The maximum atomic E-state index is 13.6. The van der Waals surface area contributed by atoms with E-state index in [0.29, 0.717) is 48.3 Å². The van der Waals surface area contributed by atoms with Crippen molar-refractivity contribution in [3.8, 4) is 5.75 Å². The first kappa shape index (κ1) is 28.7. The van der Waals surface area contributed by atoms with Gasteiger partial charge in [-0.3, -0.25) is 9.59 Å². The first-order chi connectivity index (χ1) is 18.5. The summed E-state index contributed by atoms with van der Waals surface area (Å²) in [5.41, 5.74) is 1.77. The molecule has 4 rings (SSSR count). The summed E-state index contributed by atoms with van der Waals surface area (Å²) in [6.07, 6.45) is 1.56. The van der Waals surface area contributed by atoms with Crippen LogP contribution in [0, 0.1) is 5.92 Å². The molecule has 3 aliphatic rings. The second-order valence-electron chi connectivity index (χ2n) is 10.7. The van der Waals surface area contributed by atoms with Gasteiger partial charge in [0.2, 0.25) is 5.91 Å². The molecule has 1 aromatic carbocycles. The number of fused-ring (bicyclic) bond motifs is 1. The van der Waals surface area contributed by atoms with E-state index in [4.69, 9.17) is 19.2 Å². The average Bonchev–Trinajstić information content (AvgIpc) is 3.28. The second-order valence-corrected chi connectivity index (χ2v) is 11.6. The predicted octanol–water partition coefficient (Wildman–Crippen LogP) is 4.80. The van der Waals surface area contributed by atoms with Gasteiger partial charge >= 0.3 is 11.9 Å². The quantitative estimate of drug-likeness (QED) is 0.443. The summed E-state index contributed by atoms with van der Waals surface area (Å²) >= 11 is 1.42. The number of aliphatic imine (C=N–C) groups is 1. The molecule has 1 fully saturated rings. The zero-order valence-electron chi connectivity index (χ0n) is 23.5. The molecule has 2 atom stereocenters. The number of piperidine rings is 1. The Morgan fingerprint density at radius 2 is 1.92 bits per heavy atom. The van der Waals surface area contributed by atoms with E-state index in [1.165, 1.54) is 11.8 Å². The first-order valence-electron chi connectivity index (χ1n) is 13.3. The summed E-state index contributed by atoms with van der Waals surface area (Å²) in [7, 11) is 1.59. The predicted molar refractivity (Wildman–Crippen MR) is 150 cm³/mol. The highest BCUT2D eigenvalue weighted by molar-refractivity contribution is 8.16. The molecule has 0 bridgehead atoms. The molecule has 3 aliphatic heterocycles. The van der Waals surface area contributed by atoms with Crippen LogP contribution < -0.4 is 4.74 Å². The van der Waals surface area contributed by atoms with Gasteiger partial charge in [0.05, 0.1) is 43.4 Å². The molecular weight excluding hydrogens is 518 g/mol. The number of para-hydroxylation sites is 1. The SMILES string of the molecule is CCOC(=O)[C@@H]1CCCN(C(=O)CC2=CSC3=NC(C)=C(C(=O)OC(C)(C)C)[C@H](c4ccccc4OC)N23)C1. The molecule has 9 nitrogen and oxygen atoms in total. The number of methoxy groups -OCH3 is 1. The van der Waals surface area contributed by atoms with Crippen LogP contribution in [0.4, 0.5) is 0 Å². The fourth-order valence-corrected chi connectivity index (χ4v) is 6.04. The standard InChI is InChI=1S/C29H37N3O6S/c1-7-37-26(34)19-11-10-14-31(16-19)23(33)15-20-17-39-28-30-18(2)24(27(35)38-29(3,4)5)25(32(20)28)21-12-8-9-13-22(21)36-6/h8-9,12-13,17,19,25H,7,10-11,14-16H2,1-6H3/t19-,25+/m1/s1. The summed E-state index contributed by atoms with van der Waals surface area (Å²) in [5.74, 6) is -0.494. The minimum Gasteiger partial charge on any atom is -0.496 e. The number of carbonyl (C=O) groups is 3. The monoisotopic (exact) mass is 555 g/mol. The number of likely N-dealkylation sites (tertiary alicyclic amines) is 1. The summed E-state index contributed by atoms with van der Waals surface area (Å²) in [6.45, 7) is 10.3. The smallest absolute Gasteiger partial charge is 0.338 e. The van der Waals surface area contributed by atoms with Crippen molar-refractivity contribution >= 4 is 34.8 Å². The number of hydrogen-bond donors (Lipinski definition) is 0. The van der Waals surface area contributed by atoms with Gasteiger partial charge in [-0.05, 0) is 58.9 Å².